The molecule has 112 valence electrons. The molecule has 1 heterocycles. The lowest BCUT2D eigenvalue weighted by atomic mass is 10.1. The van der Waals surface area contributed by atoms with E-state index in [0.29, 0.717) is 6.04 Å². The van der Waals surface area contributed by atoms with E-state index in [-0.39, 0.29) is 24.2 Å². The van der Waals surface area contributed by atoms with E-state index in [1.165, 1.54) is 4.90 Å². The van der Waals surface area contributed by atoms with Gasteiger partial charge in [-0.1, -0.05) is 25.1 Å². The molecular weight excluding hydrogens is 292 g/mol. The number of amides is 1. The summed E-state index contributed by atoms with van der Waals surface area (Å²) < 4.78 is 0. The molecule has 0 aromatic heterocycles. The van der Waals surface area contributed by atoms with Gasteiger partial charge in [-0.05, 0) is 19.1 Å². The number of benzene rings is 1. The number of nitrogens with one attached hydrogen (secondary N) is 1. The van der Waals surface area contributed by atoms with Crippen molar-refractivity contribution in [2.45, 2.75) is 24.8 Å². The first-order valence-corrected chi connectivity index (χ1v) is 7.86. The molecule has 5 heteroatoms. The van der Waals surface area contributed by atoms with Gasteiger partial charge in [-0.15, -0.1) is 24.2 Å². The molecule has 1 unspecified atom stereocenters. The molecule has 1 saturated heterocycles. The van der Waals surface area contributed by atoms with Gasteiger partial charge < -0.3 is 10.2 Å². The Balaban J connectivity index is 0.00000200. The second kappa shape index (κ2) is 8.55. The van der Waals surface area contributed by atoms with E-state index in [0.717, 1.165) is 25.4 Å². The highest BCUT2D eigenvalue weighted by Gasteiger charge is 2.26. The Labute approximate surface area is 131 Å². The van der Waals surface area contributed by atoms with Crippen molar-refractivity contribution >= 4 is 30.1 Å². The summed E-state index contributed by atoms with van der Waals surface area (Å²) in [7, 11) is 0. The lowest BCUT2D eigenvalue weighted by Gasteiger charge is -2.35. The summed E-state index contributed by atoms with van der Waals surface area (Å²) in [5, 5.41) is 3.32. The van der Waals surface area contributed by atoms with Gasteiger partial charge in [-0.2, -0.15) is 0 Å². The third-order valence-corrected chi connectivity index (χ3v) is 4.72. The average molecular weight is 315 g/mol. The Morgan fingerprint density at radius 1 is 1.45 bits per heavy atom. The Hall–Kier alpha value is -0.710. The summed E-state index contributed by atoms with van der Waals surface area (Å²) in [6, 6.07) is 10.6. The molecule has 0 bridgehead atoms. The normalized spacial score (nSPS) is 20.1. The van der Waals surface area contributed by atoms with Crippen LogP contribution in [0, 0.1) is 5.92 Å². The van der Waals surface area contributed by atoms with Gasteiger partial charge in [0.05, 0.1) is 0 Å². The highest BCUT2D eigenvalue weighted by Crippen LogP contribution is 2.21. The van der Waals surface area contributed by atoms with Crippen LogP contribution in [0.1, 0.15) is 13.8 Å². The number of nitrogens with zero attached hydrogens (tertiary/aromatic N) is 1. The first-order chi connectivity index (χ1) is 9.18. The van der Waals surface area contributed by atoms with Crippen LogP contribution in [0.5, 0.6) is 0 Å². The van der Waals surface area contributed by atoms with Crippen LogP contribution in [0.2, 0.25) is 0 Å². The van der Waals surface area contributed by atoms with Crippen LogP contribution >= 0.6 is 24.2 Å². The highest BCUT2D eigenvalue weighted by atomic mass is 35.5. The lowest BCUT2D eigenvalue weighted by molar-refractivity contribution is -0.137. The van der Waals surface area contributed by atoms with Gasteiger partial charge in [-0.3, -0.25) is 4.79 Å². The summed E-state index contributed by atoms with van der Waals surface area (Å²) in [6.07, 6.45) is 0. The van der Waals surface area contributed by atoms with Gasteiger partial charge in [0.2, 0.25) is 5.91 Å². The van der Waals surface area contributed by atoms with Gasteiger partial charge >= 0.3 is 0 Å². The first-order valence-electron chi connectivity index (χ1n) is 6.87. The van der Waals surface area contributed by atoms with Crippen LogP contribution in [0.25, 0.3) is 0 Å². The lowest BCUT2D eigenvalue weighted by Crippen LogP contribution is -2.53. The van der Waals surface area contributed by atoms with Gasteiger partial charge in [-0.25, -0.2) is 0 Å². The number of hydrogen-bond donors (Lipinski definition) is 1. The van der Waals surface area contributed by atoms with Gasteiger partial charge in [0.15, 0.2) is 0 Å². The Morgan fingerprint density at radius 2 is 2.15 bits per heavy atom. The minimum absolute atomic E-state index is 0. The maximum atomic E-state index is 12.4. The largest absolute Gasteiger partial charge is 0.337 e. The molecule has 1 amide bonds. The van der Waals surface area contributed by atoms with Crippen LogP contribution in [0.3, 0.4) is 0 Å². The molecule has 3 nitrogen and oxygen atoms in total. The van der Waals surface area contributed by atoms with E-state index in [1.807, 2.05) is 30.0 Å². The second-order valence-electron chi connectivity index (χ2n) is 5.11. The number of hydrogen-bond acceptors (Lipinski definition) is 3. The Bertz CT molecular complexity index is 416. The molecular formula is C15H23ClN2OS. The Kier molecular flexibility index (Phi) is 7.41. The van der Waals surface area contributed by atoms with Crippen LogP contribution in [0.15, 0.2) is 35.2 Å². The summed E-state index contributed by atoms with van der Waals surface area (Å²) in [5.41, 5.74) is 0. The molecule has 1 aromatic carbocycles. The molecule has 2 atom stereocenters. The van der Waals surface area contributed by atoms with Crippen LogP contribution in [0.4, 0.5) is 0 Å². The van der Waals surface area contributed by atoms with Crippen molar-refractivity contribution in [2.24, 2.45) is 5.92 Å². The van der Waals surface area contributed by atoms with Crippen LogP contribution < -0.4 is 5.32 Å². The summed E-state index contributed by atoms with van der Waals surface area (Å²) in [4.78, 5) is 15.7. The fourth-order valence-corrected chi connectivity index (χ4v) is 3.20. The highest BCUT2D eigenvalue weighted by molar-refractivity contribution is 7.99. The smallest absolute Gasteiger partial charge is 0.226 e. The maximum absolute atomic E-state index is 12.4. The van der Waals surface area contributed by atoms with Crippen LogP contribution in [-0.4, -0.2) is 42.2 Å². The van der Waals surface area contributed by atoms with Crippen molar-refractivity contribution in [3.05, 3.63) is 30.3 Å². The number of halogens is 1. The van der Waals surface area contributed by atoms with Gasteiger partial charge in [0.1, 0.15) is 0 Å². The van der Waals surface area contributed by atoms with Crippen molar-refractivity contribution in [3.63, 3.8) is 0 Å². The molecule has 0 aliphatic carbocycles. The third kappa shape index (κ3) is 4.69. The molecule has 1 aliphatic rings. The molecule has 1 fully saturated rings. The molecule has 0 radical (unpaired) electrons. The van der Waals surface area contributed by atoms with Crippen molar-refractivity contribution in [1.82, 2.24) is 10.2 Å². The number of carbonyl (C=O) groups excluding carboxylic acids is 1. The van der Waals surface area contributed by atoms with E-state index >= 15 is 0 Å². The molecule has 0 saturated carbocycles. The maximum Gasteiger partial charge on any atom is 0.226 e. The molecule has 2 rings (SSSR count). The van der Waals surface area contributed by atoms with E-state index < -0.39 is 0 Å². The minimum atomic E-state index is 0. The topological polar surface area (TPSA) is 32.3 Å². The monoisotopic (exact) mass is 314 g/mol. The zero-order chi connectivity index (χ0) is 13.7. The number of thioether (sulfide) groups is 1. The van der Waals surface area contributed by atoms with E-state index in [2.05, 4.69) is 24.4 Å². The van der Waals surface area contributed by atoms with Crippen molar-refractivity contribution < 1.29 is 4.79 Å². The van der Waals surface area contributed by atoms with Crippen molar-refractivity contribution in [1.29, 1.82) is 0 Å². The predicted molar refractivity (Wildman–Crippen MR) is 87.6 cm³/mol. The number of rotatable bonds is 4. The van der Waals surface area contributed by atoms with Crippen molar-refractivity contribution in [3.8, 4) is 0 Å². The van der Waals surface area contributed by atoms with Crippen LogP contribution in [-0.2, 0) is 4.79 Å². The SMILES string of the molecule is CC(CSc1ccccc1)C(=O)N1CCNC[C@H]1C.Cl. The molecule has 1 aliphatic heterocycles. The quantitative estimate of drug-likeness (QED) is 0.867. The zero-order valence-electron chi connectivity index (χ0n) is 12.0. The average Bonchev–Trinajstić information content (AvgIpc) is 2.45. The molecule has 20 heavy (non-hydrogen) atoms. The third-order valence-electron chi connectivity index (χ3n) is 3.45. The fourth-order valence-electron chi connectivity index (χ4n) is 2.26. The number of piperazine rings is 1. The Morgan fingerprint density at radius 3 is 2.80 bits per heavy atom. The molecule has 1 N–H and O–H groups in total. The van der Waals surface area contributed by atoms with Crippen molar-refractivity contribution in [2.75, 3.05) is 25.4 Å². The first kappa shape index (κ1) is 17.3. The fraction of sp³-hybridized carbons (Fsp3) is 0.533. The standard InChI is InChI=1S/C15H22N2OS.ClH/c1-12(11-19-14-6-4-3-5-7-14)15(18)17-9-8-16-10-13(17)2;/h3-7,12-13,16H,8-11H2,1-2H3;1H/t12?,13-;/m1./s1. The van der Waals surface area contributed by atoms with E-state index in [9.17, 15) is 4.79 Å². The summed E-state index contributed by atoms with van der Waals surface area (Å²) in [6.45, 7) is 6.80. The summed E-state index contributed by atoms with van der Waals surface area (Å²) >= 11 is 1.76. The zero-order valence-corrected chi connectivity index (χ0v) is 13.7. The van der Waals surface area contributed by atoms with Gasteiger partial charge in [0.25, 0.3) is 0 Å². The van der Waals surface area contributed by atoms with Gasteiger partial charge in [0, 0.05) is 42.2 Å². The summed E-state index contributed by atoms with van der Waals surface area (Å²) in [5.74, 6) is 1.21. The van der Waals surface area contributed by atoms with E-state index in [4.69, 9.17) is 0 Å². The number of carbonyl (C=O) groups is 1. The molecule has 0 spiro atoms. The predicted octanol–water partition coefficient (Wildman–Crippen LogP) is 2.66. The second-order valence-corrected chi connectivity index (χ2v) is 6.20. The minimum Gasteiger partial charge on any atom is -0.337 e. The van der Waals surface area contributed by atoms with E-state index in [1.54, 1.807) is 11.8 Å². The molecule has 1 aromatic rings.